The first-order chi connectivity index (χ1) is 16.3. The summed E-state index contributed by atoms with van der Waals surface area (Å²) < 4.78 is 0. The van der Waals surface area contributed by atoms with Gasteiger partial charge in [0.2, 0.25) is 0 Å². The molecule has 7 rings (SSSR count). The van der Waals surface area contributed by atoms with Gasteiger partial charge in [-0.15, -0.1) is 0 Å². The average molecular weight is 468 g/mol. The normalized spacial score (nSPS) is 34.7. The molecule has 4 atom stereocenters. The van der Waals surface area contributed by atoms with Gasteiger partial charge in [-0.2, -0.15) is 0 Å². The Kier molecular flexibility index (Phi) is 4.51. The highest BCUT2D eigenvalue weighted by atomic mass is 14.9. The lowest BCUT2D eigenvalue weighted by Crippen LogP contribution is -2.42. The van der Waals surface area contributed by atoms with E-state index in [0.717, 1.165) is 11.3 Å². The molecule has 0 radical (unpaired) electrons. The van der Waals surface area contributed by atoms with Gasteiger partial charge in [0.1, 0.15) is 5.84 Å². The van der Waals surface area contributed by atoms with E-state index >= 15 is 0 Å². The Hall–Kier alpha value is -2.42. The third-order valence-corrected chi connectivity index (χ3v) is 12.0. The Labute approximate surface area is 211 Å². The van der Waals surface area contributed by atoms with Crippen molar-refractivity contribution in [2.24, 2.45) is 33.4 Å². The summed E-state index contributed by atoms with van der Waals surface area (Å²) in [7, 11) is 0. The smallest absolute Gasteiger partial charge is 0.132 e. The van der Waals surface area contributed by atoms with Gasteiger partial charge in [0, 0.05) is 23.5 Å². The van der Waals surface area contributed by atoms with Gasteiger partial charge in [-0.1, -0.05) is 61.5 Å². The minimum Gasteiger partial charge on any atom is -0.383 e. The fraction of sp³-hybridized carbons (Fsp3) is 0.562. The number of aliphatic imine (C=N–C) groups is 1. The fourth-order valence-electron chi connectivity index (χ4n) is 8.26. The molecule has 3 nitrogen and oxygen atoms in total. The summed E-state index contributed by atoms with van der Waals surface area (Å²) in [5.74, 6) is 2.26. The van der Waals surface area contributed by atoms with E-state index in [2.05, 4.69) is 85.9 Å². The van der Waals surface area contributed by atoms with Crippen LogP contribution in [0.15, 0.2) is 47.2 Å². The number of benzene rings is 1. The number of nitrogens with zero attached hydrogens (tertiary/aromatic N) is 2. The summed E-state index contributed by atoms with van der Waals surface area (Å²) in [6.45, 7) is 19.6. The molecule has 1 aromatic heterocycles. The van der Waals surface area contributed by atoms with Crippen LogP contribution < -0.4 is 5.73 Å². The summed E-state index contributed by atoms with van der Waals surface area (Å²) in [6.07, 6.45) is 7.93. The molecule has 2 N–H and O–H groups in total. The Bertz CT molecular complexity index is 1290. The van der Waals surface area contributed by atoms with Crippen LogP contribution in [0.2, 0.25) is 0 Å². The number of hydrogen-bond acceptors (Lipinski definition) is 3. The molecule has 3 heterocycles. The Morgan fingerprint density at radius 3 is 2.26 bits per heavy atom. The van der Waals surface area contributed by atoms with E-state index in [9.17, 15) is 0 Å². The number of aromatic nitrogens is 1. The summed E-state index contributed by atoms with van der Waals surface area (Å²) in [5, 5.41) is 0. The van der Waals surface area contributed by atoms with Gasteiger partial charge in [0.15, 0.2) is 0 Å². The van der Waals surface area contributed by atoms with Crippen LogP contribution in [0.1, 0.15) is 103 Å². The molecule has 4 bridgehead atoms. The summed E-state index contributed by atoms with van der Waals surface area (Å²) in [5.41, 5.74) is 16.0. The van der Waals surface area contributed by atoms with Crippen molar-refractivity contribution < 1.29 is 0 Å². The van der Waals surface area contributed by atoms with Gasteiger partial charge in [-0.3, -0.25) is 4.98 Å². The van der Waals surface area contributed by atoms with Crippen LogP contribution in [0.25, 0.3) is 11.3 Å². The molecular weight excluding hydrogens is 426 g/mol. The summed E-state index contributed by atoms with van der Waals surface area (Å²) in [6, 6.07) is 9.31. The fourth-order valence-corrected chi connectivity index (χ4v) is 8.26. The SMILES string of the molecule is CC1c2cc3c(cc2-c2ccc(cn2)C(N)=N/C=C2/C4CCC(C4)C21C)C(C)(C)C(C)(C)C3(C)C. The van der Waals surface area contributed by atoms with Crippen molar-refractivity contribution in [3.05, 3.63) is 64.5 Å². The molecule has 35 heavy (non-hydrogen) atoms. The van der Waals surface area contributed by atoms with Crippen LogP contribution in [0, 0.1) is 22.7 Å². The highest BCUT2D eigenvalue weighted by molar-refractivity contribution is 5.97. The topological polar surface area (TPSA) is 51.3 Å². The lowest BCUT2D eigenvalue weighted by molar-refractivity contribution is 0.125. The average Bonchev–Trinajstić information content (AvgIpc) is 3.43. The zero-order valence-electron chi connectivity index (χ0n) is 22.8. The molecule has 3 aliphatic carbocycles. The number of amidine groups is 1. The van der Waals surface area contributed by atoms with Crippen LogP contribution in [0.4, 0.5) is 0 Å². The second kappa shape index (κ2) is 6.87. The Morgan fingerprint density at radius 2 is 1.60 bits per heavy atom. The maximum atomic E-state index is 6.43. The molecule has 0 spiro atoms. The first kappa shape index (κ1) is 23.0. The minimum absolute atomic E-state index is 0.0617. The van der Waals surface area contributed by atoms with E-state index in [-0.39, 0.29) is 21.7 Å². The van der Waals surface area contributed by atoms with E-state index in [1.54, 1.807) is 0 Å². The van der Waals surface area contributed by atoms with Gasteiger partial charge in [0.05, 0.1) is 5.69 Å². The summed E-state index contributed by atoms with van der Waals surface area (Å²) >= 11 is 0. The van der Waals surface area contributed by atoms with Crippen molar-refractivity contribution >= 4 is 5.84 Å². The van der Waals surface area contributed by atoms with Crippen LogP contribution >= 0.6 is 0 Å². The molecule has 2 aliphatic heterocycles. The van der Waals surface area contributed by atoms with Gasteiger partial charge in [0.25, 0.3) is 0 Å². The lowest BCUT2D eigenvalue weighted by Gasteiger charge is -2.44. The highest BCUT2D eigenvalue weighted by Crippen LogP contribution is 2.67. The third-order valence-electron chi connectivity index (χ3n) is 12.0. The zero-order chi connectivity index (χ0) is 25.1. The molecular formula is C32H41N3. The third kappa shape index (κ3) is 2.68. The number of pyridine rings is 1. The number of hydrogen-bond donors (Lipinski definition) is 1. The second-order valence-corrected chi connectivity index (χ2v) is 13.6. The van der Waals surface area contributed by atoms with Crippen molar-refractivity contribution in [3.63, 3.8) is 0 Å². The molecule has 4 unspecified atom stereocenters. The highest BCUT2D eigenvalue weighted by Gasteiger charge is 2.58. The first-order valence-corrected chi connectivity index (χ1v) is 13.5. The van der Waals surface area contributed by atoms with Crippen LogP contribution in [0.3, 0.4) is 0 Å². The molecule has 5 aliphatic rings. The Morgan fingerprint density at radius 1 is 0.914 bits per heavy atom. The van der Waals surface area contributed by atoms with E-state index < -0.39 is 0 Å². The molecule has 3 heteroatoms. The van der Waals surface area contributed by atoms with Crippen LogP contribution in [0.5, 0.6) is 0 Å². The van der Waals surface area contributed by atoms with Gasteiger partial charge in [-0.25, -0.2) is 4.99 Å². The van der Waals surface area contributed by atoms with Gasteiger partial charge >= 0.3 is 0 Å². The monoisotopic (exact) mass is 467 g/mol. The molecule has 1 aromatic carbocycles. The molecule has 2 saturated carbocycles. The predicted molar refractivity (Wildman–Crippen MR) is 146 cm³/mol. The number of nitrogens with two attached hydrogens (primary N) is 1. The molecule has 184 valence electrons. The predicted octanol–water partition coefficient (Wildman–Crippen LogP) is 7.49. The van der Waals surface area contributed by atoms with Gasteiger partial charge in [-0.05, 0) is 99.1 Å². The Balaban J connectivity index is 1.68. The second-order valence-electron chi connectivity index (χ2n) is 13.6. The maximum Gasteiger partial charge on any atom is 0.132 e. The van der Waals surface area contributed by atoms with Crippen LogP contribution in [-0.2, 0) is 10.8 Å². The van der Waals surface area contributed by atoms with Crippen molar-refractivity contribution in [2.75, 3.05) is 0 Å². The van der Waals surface area contributed by atoms with E-state index in [0.29, 0.717) is 23.6 Å². The quantitative estimate of drug-likeness (QED) is 0.436. The molecule has 2 fully saturated rings. The molecule has 0 saturated heterocycles. The maximum absolute atomic E-state index is 6.43. The van der Waals surface area contributed by atoms with E-state index in [4.69, 9.17) is 15.7 Å². The molecule has 0 amide bonds. The van der Waals surface area contributed by atoms with Gasteiger partial charge < -0.3 is 5.73 Å². The van der Waals surface area contributed by atoms with E-state index in [1.165, 1.54) is 47.1 Å². The van der Waals surface area contributed by atoms with Crippen molar-refractivity contribution in [3.8, 4) is 11.3 Å². The van der Waals surface area contributed by atoms with Crippen molar-refractivity contribution in [1.82, 2.24) is 4.98 Å². The largest absolute Gasteiger partial charge is 0.383 e. The standard InChI is InChI=1S/C32H41N3/c1-18-22-14-24-25(30(4,5)31(6,7)29(24,2)3)15-23(22)27-12-10-20(16-34-27)28(33)35-17-26-19-9-11-21(13-19)32(18,26)8/h10,12,14-19,21H,9,11,13H2,1-8H3,(H2,33,35)/b26-17-. The zero-order valence-corrected chi connectivity index (χ0v) is 22.8. The molecule has 2 aromatic rings. The number of rotatable bonds is 0. The minimum atomic E-state index is 0.0617. The van der Waals surface area contributed by atoms with Crippen molar-refractivity contribution in [2.45, 2.75) is 91.4 Å². The van der Waals surface area contributed by atoms with Crippen molar-refractivity contribution in [1.29, 1.82) is 0 Å². The summed E-state index contributed by atoms with van der Waals surface area (Å²) in [4.78, 5) is 9.73. The van der Waals surface area contributed by atoms with Crippen LogP contribution in [-0.4, -0.2) is 10.8 Å². The first-order valence-electron chi connectivity index (χ1n) is 13.5. The number of allylic oxidation sites excluding steroid dienone is 1. The van der Waals surface area contributed by atoms with E-state index in [1.807, 2.05) is 6.20 Å². The number of fused-ring (bicyclic) bond motifs is 6. The lowest BCUT2D eigenvalue weighted by atomic mass is 9.59.